The summed E-state index contributed by atoms with van der Waals surface area (Å²) in [6.07, 6.45) is 2.11. The molecule has 0 saturated heterocycles. The van der Waals surface area contributed by atoms with Crippen LogP contribution in [0.3, 0.4) is 0 Å². The number of aliphatic hydroxyl groups is 1. The lowest BCUT2D eigenvalue weighted by atomic mass is 10.00. The normalized spacial score (nSPS) is 13.1. The lowest BCUT2D eigenvalue weighted by molar-refractivity contribution is 0.185. The van der Waals surface area contributed by atoms with Gasteiger partial charge in [0.2, 0.25) is 0 Å². The van der Waals surface area contributed by atoms with Crippen LogP contribution in [0.5, 0.6) is 0 Å². The molecule has 0 aliphatic rings. The molecule has 1 unspecified atom stereocenters. The number of nitrogens with zero attached hydrogens (tertiary/aromatic N) is 1. The van der Waals surface area contributed by atoms with Crippen LogP contribution >= 0.6 is 0 Å². The Bertz CT molecular complexity index is 258. The Morgan fingerprint density at radius 1 is 1.20 bits per heavy atom. The minimum atomic E-state index is 0.283. The molecule has 0 bridgehead atoms. The highest BCUT2D eigenvalue weighted by Crippen LogP contribution is 2.10. The highest BCUT2D eigenvalue weighted by atomic mass is 16.3. The molecule has 0 heterocycles. The summed E-state index contributed by atoms with van der Waals surface area (Å²) in [5.41, 5.74) is 1.36. The van der Waals surface area contributed by atoms with Crippen molar-refractivity contribution in [1.29, 1.82) is 0 Å². The van der Waals surface area contributed by atoms with Crippen molar-refractivity contribution in [2.45, 2.75) is 12.8 Å². The molecular formula is C13H21NO. The summed E-state index contributed by atoms with van der Waals surface area (Å²) in [4.78, 5) is 2.13. The first-order chi connectivity index (χ1) is 7.22. The van der Waals surface area contributed by atoms with Crippen LogP contribution in [0.1, 0.15) is 12.0 Å². The second-order valence-corrected chi connectivity index (χ2v) is 4.34. The third kappa shape index (κ3) is 4.96. The fraction of sp³-hybridized carbons (Fsp3) is 0.538. The van der Waals surface area contributed by atoms with Gasteiger partial charge in [-0.25, -0.2) is 0 Å². The minimum absolute atomic E-state index is 0.283. The van der Waals surface area contributed by atoms with E-state index in [9.17, 15) is 5.11 Å². The minimum Gasteiger partial charge on any atom is -0.396 e. The first-order valence-corrected chi connectivity index (χ1v) is 5.52. The Morgan fingerprint density at radius 3 is 2.40 bits per heavy atom. The van der Waals surface area contributed by atoms with Gasteiger partial charge in [0.15, 0.2) is 0 Å². The Kier molecular flexibility index (Phi) is 5.37. The van der Waals surface area contributed by atoms with Gasteiger partial charge in [-0.15, -0.1) is 0 Å². The fourth-order valence-electron chi connectivity index (χ4n) is 1.77. The van der Waals surface area contributed by atoms with Gasteiger partial charge in [0.25, 0.3) is 0 Å². The van der Waals surface area contributed by atoms with Gasteiger partial charge < -0.3 is 10.0 Å². The topological polar surface area (TPSA) is 23.5 Å². The number of aliphatic hydroxyl groups excluding tert-OH is 1. The monoisotopic (exact) mass is 207 g/mol. The largest absolute Gasteiger partial charge is 0.396 e. The maximum absolute atomic E-state index is 9.23. The van der Waals surface area contributed by atoms with Crippen molar-refractivity contribution in [1.82, 2.24) is 4.90 Å². The van der Waals surface area contributed by atoms with Crippen LogP contribution in [-0.4, -0.2) is 37.3 Å². The third-order valence-corrected chi connectivity index (χ3v) is 2.57. The molecule has 1 aromatic rings. The highest BCUT2D eigenvalue weighted by Gasteiger charge is 2.08. The molecule has 1 rings (SSSR count). The SMILES string of the molecule is CN(C)CC(CO)CCc1ccccc1. The maximum Gasteiger partial charge on any atom is 0.0471 e. The molecular weight excluding hydrogens is 186 g/mol. The molecule has 0 aliphatic heterocycles. The molecule has 0 spiro atoms. The fourth-order valence-corrected chi connectivity index (χ4v) is 1.77. The van der Waals surface area contributed by atoms with Crippen LogP contribution in [-0.2, 0) is 6.42 Å². The van der Waals surface area contributed by atoms with Gasteiger partial charge in [-0.2, -0.15) is 0 Å². The van der Waals surface area contributed by atoms with Crippen LogP contribution in [0.4, 0.5) is 0 Å². The molecule has 1 aromatic carbocycles. The molecule has 1 N–H and O–H groups in total. The van der Waals surface area contributed by atoms with E-state index in [0.29, 0.717) is 5.92 Å². The Hall–Kier alpha value is -0.860. The summed E-state index contributed by atoms with van der Waals surface area (Å²) in [6, 6.07) is 10.4. The molecule has 0 aromatic heterocycles. The van der Waals surface area contributed by atoms with Crippen molar-refractivity contribution in [2.75, 3.05) is 27.2 Å². The Morgan fingerprint density at radius 2 is 1.87 bits per heavy atom. The average molecular weight is 207 g/mol. The van der Waals surface area contributed by atoms with Crippen LogP contribution in [0.15, 0.2) is 30.3 Å². The summed E-state index contributed by atoms with van der Waals surface area (Å²) in [5, 5.41) is 9.23. The van der Waals surface area contributed by atoms with Crippen molar-refractivity contribution >= 4 is 0 Å². The number of aryl methyl sites for hydroxylation is 1. The van der Waals surface area contributed by atoms with Gasteiger partial charge in [0, 0.05) is 13.2 Å². The van der Waals surface area contributed by atoms with E-state index in [1.54, 1.807) is 0 Å². The van der Waals surface area contributed by atoms with Gasteiger partial charge in [-0.05, 0) is 38.4 Å². The second kappa shape index (κ2) is 6.59. The zero-order valence-electron chi connectivity index (χ0n) is 9.69. The van der Waals surface area contributed by atoms with E-state index in [0.717, 1.165) is 19.4 Å². The van der Waals surface area contributed by atoms with E-state index in [1.807, 2.05) is 20.2 Å². The van der Waals surface area contributed by atoms with Gasteiger partial charge >= 0.3 is 0 Å². The van der Waals surface area contributed by atoms with Crippen molar-refractivity contribution in [3.8, 4) is 0 Å². The molecule has 0 aliphatic carbocycles. The van der Waals surface area contributed by atoms with E-state index < -0.39 is 0 Å². The summed E-state index contributed by atoms with van der Waals surface area (Å²) >= 11 is 0. The van der Waals surface area contributed by atoms with Crippen LogP contribution < -0.4 is 0 Å². The van der Waals surface area contributed by atoms with E-state index in [2.05, 4.69) is 29.2 Å². The lowest BCUT2D eigenvalue weighted by Crippen LogP contribution is -2.24. The molecule has 2 heteroatoms. The van der Waals surface area contributed by atoms with Gasteiger partial charge in [-0.3, -0.25) is 0 Å². The summed E-state index contributed by atoms with van der Waals surface area (Å²) in [6.45, 7) is 1.24. The molecule has 84 valence electrons. The number of hydrogen-bond donors (Lipinski definition) is 1. The summed E-state index contributed by atoms with van der Waals surface area (Å²) in [7, 11) is 4.09. The predicted octanol–water partition coefficient (Wildman–Crippen LogP) is 1.79. The molecule has 15 heavy (non-hydrogen) atoms. The summed E-state index contributed by atoms with van der Waals surface area (Å²) in [5.74, 6) is 0.389. The zero-order valence-corrected chi connectivity index (χ0v) is 9.69. The van der Waals surface area contributed by atoms with Crippen molar-refractivity contribution in [3.63, 3.8) is 0 Å². The molecule has 0 radical (unpaired) electrons. The third-order valence-electron chi connectivity index (χ3n) is 2.57. The standard InChI is InChI=1S/C13H21NO/c1-14(2)10-13(11-15)9-8-12-6-4-3-5-7-12/h3-7,13,15H,8-11H2,1-2H3. The number of benzene rings is 1. The lowest BCUT2D eigenvalue weighted by Gasteiger charge is -2.18. The molecule has 0 saturated carbocycles. The molecule has 0 fully saturated rings. The van der Waals surface area contributed by atoms with Crippen LogP contribution in [0.2, 0.25) is 0 Å². The van der Waals surface area contributed by atoms with E-state index in [4.69, 9.17) is 0 Å². The second-order valence-electron chi connectivity index (χ2n) is 4.34. The highest BCUT2D eigenvalue weighted by molar-refractivity contribution is 5.14. The van der Waals surface area contributed by atoms with Gasteiger partial charge in [-0.1, -0.05) is 30.3 Å². The first-order valence-electron chi connectivity index (χ1n) is 5.52. The Labute approximate surface area is 92.5 Å². The quantitative estimate of drug-likeness (QED) is 0.768. The molecule has 2 nitrogen and oxygen atoms in total. The van der Waals surface area contributed by atoms with Crippen molar-refractivity contribution in [3.05, 3.63) is 35.9 Å². The molecule has 0 amide bonds. The average Bonchev–Trinajstić information content (AvgIpc) is 2.25. The van der Waals surface area contributed by atoms with E-state index in [-0.39, 0.29) is 6.61 Å². The van der Waals surface area contributed by atoms with Crippen molar-refractivity contribution < 1.29 is 5.11 Å². The first kappa shape index (κ1) is 12.2. The smallest absolute Gasteiger partial charge is 0.0471 e. The van der Waals surface area contributed by atoms with E-state index >= 15 is 0 Å². The number of hydrogen-bond acceptors (Lipinski definition) is 2. The summed E-state index contributed by atoms with van der Waals surface area (Å²) < 4.78 is 0. The maximum atomic E-state index is 9.23. The van der Waals surface area contributed by atoms with Gasteiger partial charge in [0.1, 0.15) is 0 Å². The van der Waals surface area contributed by atoms with Crippen LogP contribution in [0, 0.1) is 5.92 Å². The number of rotatable bonds is 6. The van der Waals surface area contributed by atoms with E-state index in [1.165, 1.54) is 5.56 Å². The van der Waals surface area contributed by atoms with Gasteiger partial charge in [0.05, 0.1) is 0 Å². The predicted molar refractivity (Wildman–Crippen MR) is 63.9 cm³/mol. The van der Waals surface area contributed by atoms with Crippen LogP contribution in [0.25, 0.3) is 0 Å². The molecule has 1 atom stereocenters. The zero-order chi connectivity index (χ0) is 11.1. The van der Waals surface area contributed by atoms with Crippen molar-refractivity contribution in [2.24, 2.45) is 5.92 Å². The Balaban J connectivity index is 2.34.